The van der Waals surface area contributed by atoms with Gasteiger partial charge < -0.3 is 48.7 Å². The molecule has 2 N–H and O–H groups in total. The van der Waals surface area contributed by atoms with E-state index in [2.05, 4.69) is 10.6 Å². The third-order valence-corrected chi connectivity index (χ3v) is 9.49. The van der Waals surface area contributed by atoms with Crippen molar-refractivity contribution in [3.05, 3.63) is 45.8 Å². The minimum absolute atomic E-state index is 0.0273. The van der Waals surface area contributed by atoms with Crippen molar-refractivity contribution < 1.29 is 66.0 Å². The third-order valence-electron chi connectivity index (χ3n) is 8.37. The summed E-state index contributed by atoms with van der Waals surface area (Å²) in [7, 11) is 2.71. The average Bonchev–Trinajstić information content (AvgIpc) is 3.80. The number of rotatable bonds is 20. The number of amides is 3. The number of carbonyl (C=O) groups excluding carboxylic acids is 6. The molecule has 4 rings (SSSR count). The lowest BCUT2D eigenvalue weighted by Gasteiger charge is -2.19. The highest BCUT2D eigenvalue weighted by atomic mass is 32.1. The van der Waals surface area contributed by atoms with Crippen molar-refractivity contribution >= 4 is 57.4 Å². The molecule has 1 aromatic heterocycles. The van der Waals surface area contributed by atoms with Gasteiger partial charge in [0.05, 0.1) is 51.8 Å². The molecule has 1 aliphatic heterocycles. The maximum atomic E-state index is 15.8. The Hall–Kier alpha value is -5.52. The molecule has 310 valence electrons. The number of ketones is 1. The number of alkyl carbamates (subject to hydrolysis) is 1. The molecule has 0 radical (unpaired) electrons. The van der Waals surface area contributed by atoms with Gasteiger partial charge in [0.1, 0.15) is 18.0 Å². The van der Waals surface area contributed by atoms with E-state index in [1.54, 1.807) is 33.8 Å². The lowest BCUT2D eigenvalue weighted by atomic mass is 10.1. The highest BCUT2D eigenvalue weighted by Crippen LogP contribution is 2.41. The van der Waals surface area contributed by atoms with Crippen LogP contribution >= 0.6 is 11.3 Å². The predicted molar refractivity (Wildman–Crippen MR) is 203 cm³/mol. The molecule has 1 atom stereocenters. The molecule has 0 bridgehead atoms. The smallest absolute Gasteiger partial charge is 0.408 e. The summed E-state index contributed by atoms with van der Waals surface area (Å²) in [4.78, 5) is 73.9. The van der Waals surface area contributed by atoms with Crippen molar-refractivity contribution in [3.63, 3.8) is 0 Å². The van der Waals surface area contributed by atoms with Crippen LogP contribution in [-0.4, -0.2) is 93.1 Å². The number of nitrogens with one attached hydrogen (secondary N) is 2. The summed E-state index contributed by atoms with van der Waals surface area (Å²) in [5.74, 6) is -3.35. The van der Waals surface area contributed by atoms with Crippen LogP contribution < -0.4 is 29.6 Å². The largest absolute Gasteiger partial charge is 0.493 e. The van der Waals surface area contributed by atoms with Crippen LogP contribution in [0.15, 0.2) is 18.2 Å². The fourth-order valence-corrected chi connectivity index (χ4v) is 6.70. The third kappa shape index (κ3) is 12.2. The van der Waals surface area contributed by atoms with Crippen LogP contribution in [0.3, 0.4) is 0 Å². The molecular formula is C39H47F2N3O12S. The van der Waals surface area contributed by atoms with Gasteiger partial charge in [-0.15, -0.1) is 11.3 Å². The van der Waals surface area contributed by atoms with Crippen LogP contribution in [0.5, 0.6) is 23.0 Å². The highest BCUT2D eigenvalue weighted by Gasteiger charge is 2.30. The van der Waals surface area contributed by atoms with E-state index in [9.17, 15) is 28.8 Å². The van der Waals surface area contributed by atoms with E-state index in [1.165, 1.54) is 31.3 Å². The number of esters is 1. The predicted octanol–water partition coefficient (Wildman–Crippen LogP) is 5.40. The van der Waals surface area contributed by atoms with Crippen LogP contribution in [0.1, 0.15) is 80.6 Å². The number of ether oxygens (including phenoxy) is 6. The highest BCUT2D eigenvalue weighted by molar-refractivity contribution is 7.20. The van der Waals surface area contributed by atoms with Gasteiger partial charge in [-0.25, -0.2) is 13.6 Å². The molecule has 0 saturated heterocycles. The second-order valence-electron chi connectivity index (χ2n) is 14.0. The topological polar surface area (TPSA) is 185 Å². The van der Waals surface area contributed by atoms with Gasteiger partial charge in [-0.2, -0.15) is 0 Å². The summed E-state index contributed by atoms with van der Waals surface area (Å²) in [6.07, 6.45) is -0.949. The average molecular weight is 820 g/mol. The summed E-state index contributed by atoms with van der Waals surface area (Å²) in [5, 5.41) is 4.97. The number of halogens is 2. The van der Waals surface area contributed by atoms with Gasteiger partial charge in [0.15, 0.2) is 40.4 Å². The van der Waals surface area contributed by atoms with Crippen molar-refractivity contribution in [2.45, 2.75) is 84.6 Å². The van der Waals surface area contributed by atoms with Gasteiger partial charge in [-0.3, -0.25) is 19.2 Å². The molecule has 0 spiro atoms. The number of methoxy groups -OCH3 is 2. The molecule has 1 unspecified atom stereocenters. The molecule has 2 heterocycles. The van der Waals surface area contributed by atoms with Crippen LogP contribution in [0.4, 0.5) is 13.6 Å². The maximum absolute atomic E-state index is 15.8. The Bertz CT molecular complexity index is 1980. The number of benzene rings is 2. The quantitative estimate of drug-likeness (QED) is 0.0641. The number of hydrogen-bond donors (Lipinski definition) is 2. The first-order valence-electron chi connectivity index (χ1n) is 18.2. The normalized spacial score (nSPS) is 12.7. The molecule has 3 amide bonds. The van der Waals surface area contributed by atoms with E-state index in [4.69, 9.17) is 28.4 Å². The minimum atomic E-state index is -0.754. The first kappa shape index (κ1) is 44.2. The zero-order chi connectivity index (χ0) is 41.9. The fourth-order valence-electron chi connectivity index (χ4n) is 5.64. The Labute approximate surface area is 332 Å². The molecule has 0 aliphatic carbocycles. The fraction of sp³-hybridized carbons (Fsp3) is 0.487. The Morgan fingerprint density at radius 1 is 0.912 bits per heavy atom. The number of thiophene rings is 1. The molecule has 2 aromatic carbocycles. The van der Waals surface area contributed by atoms with Gasteiger partial charge in [0.25, 0.3) is 0 Å². The molecular weight excluding hydrogens is 773 g/mol. The lowest BCUT2D eigenvalue weighted by Crippen LogP contribution is -2.42. The van der Waals surface area contributed by atoms with Crippen LogP contribution in [0.25, 0.3) is 10.1 Å². The zero-order valence-electron chi connectivity index (χ0n) is 32.7. The van der Waals surface area contributed by atoms with Crippen molar-refractivity contribution in [1.82, 2.24) is 15.5 Å². The summed E-state index contributed by atoms with van der Waals surface area (Å²) < 4.78 is 64.2. The molecule has 15 nitrogen and oxygen atoms in total. The lowest BCUT2D eigenvalue weighted by molar-refractivity contribution is -0.148. The van der Waals surface area contributed by atoms with Gasteiger partial charge in [-0.1, -0.05) is 0 Å². The maximum Gasteiger partial charge on any atom is 0.408 e. The van der Waals surface area contributed by atoms with Crippen molar-refractivity contribution in [1.29, 1.82) is 0 Å². The molecule has 0 fully saturated rings. The molecule has 3 aromatic rings. The van der Waals surface area contributed by atoms with E-state index in [0.29, 0.717) is 22.1 Å². The molecule has 57 heavy (non-hydrogen) atoms. The second kappa shape index (κ2) is 20.1. The first-order chi connectivity index (χ1) is 27.0. The summed E-state index contributed by atoms with van der Waals surface area (Å²) in [5.41, 5.74) is 0.165. The summed E-state index contributed by atoms with van der Waals surface area (Å²) in [6.45, 7) is 6.41. The van der Waals surface area contributed by atoms with E-state index in [0.717, 1.165) is 11.3 Å². The van der Waals surface area contributed by atoms with E-state index < -0.39 is 47.1 Å². The Balaban J connectivity index is 1.26. The number of Topliss-reactive ketones (excluding diaryl/α,β-unsaturated/α-hetero) is 1. The minimum Gasteiger partial charge on any atom is -0.493 e. The van der Waals surface area contributed by atoms with E-state index >= 15 is 8.78 Å². The monoisotopic (exact) mass is 819 g/mol. The molecule has 0 saturated carbocycles. The number of nitrogens with zero attached hydrogens (tertiary/aromatic N) is 1. The van der Waals surface area contributed by atoms with Crippen molar-refractivity contribution in [2.24, 2.45) is 0 Å². The number of carbonyl (C=O) groups is 6. The summed E-state index contributed by atoms with van der Waals surface area (Å²) >= 11 is 1.03. The van der Waals surface area contributed by atoms with Gasteiger partial charge in [-0.05, 0) is 45.4 Å². The number of fused-ring (bicyclic) bond motifs is 2. The van der Waals surface area contributed by atoms with Gasteiger partial charge in [0, 0.05) is 60.5 Å². The van der Waals surface area contributed by atoms with Crippen molar-refractivity contribution in [2.75, 3.05) is 40.5 Å². The van der Waals surface area contributed by atoms with Crippen LogP contribution in [0, 0.1) is 11.6 Å². The summed E-state index contributed by atoms with van der Waals surface area (Å²) in [6, 6.07) is 4.53. The van der Waals surface area contributed by atoms with Gasteiger partial charge >= 0.3 is 12.1 Å². The number of hydrogen-bond acceptors (Lipinski definition) is 13. The molecule has 1 aliphatic rings. The van der Waals surface area contributed by atoms with Gasteiger partial charge in [0.2, 0.25) is 11.8 Å². The second-order valence-corrected chi connectivity index (χ2v) is 15.1. The first-order valence-corrected chi connectivity index (χ1v) is 19.0. The van der Waals surface area contributed by atoms with E-state index in [1.807, 2.05) is 0 Å². The SMILES string of the molecule is COc1cc2c(c(F)c1OCCCOc1c(OC)cc3sc(C(=O)CCC(=O)OC(C)CNC(=O)CNC(=O)OC(C)(C)C)cc3c1F)CN(C(=O)CCC=O)C2. The Morgan fingerprint density at radius 2 is 1.58 bits per heavy atom. The van der Waals surface area contributed by atoms with Crippen molar-refractivity contribution in [3.8, 4) is 23.0 Å². The Kier molecular flexibility index (Phi) is 15.6. The Morgan fingerprint density at radius 3 is 2.23 bits per heavy atom. The number of aldehydes is 1. The van der Waals surface area contributed by atoms with Crippen LogP contribution in [-0.2, 0) is 41.7 Å². The zero-order valence-corrected chi connectivity index (χ0v) is 33.5. The van der Waals surface area contributed by atoms with Crippen LogP contribution in [0.2, 0.25) is 0 Å². The van der Waals surface area contributed by atoms with E-state index in [-0.39, 0.29) is 111 Å². The standard InChI is InChI=1S/C39H47F2N3O12S/c1-22(18-42-31(47)19-43-38(50)56-39(2,3)4)55-33(49)11-10-26(46)30-16-24-29(57-30)17-28(52-6)37(34(24)40)54-14-8-13-53-36-27(51-5)15-23-20-44(21-25(23)35(36)41)32(48)9-7-12-45/h12,15-17,22H,7-11,13-14,18-21H2,1-6H3,(H,42,47)(H,43,50). The molecule has 18 heteroatoms.